The number of benzene rings is 1. The quantitative estimate of drug-likeness (QED) is 0.439. The molecule has 3 rings (SSSR count). The number of nitrogens with zero attached hydrogens (tertiary/aromatic N) is 3. The van der Waals surface area contributed by atoms with Crippen molar-refractivity contribution in [3.05, 3.63) is 51.1 Å². The Kier molecular flexibility index (Phi) is 4.09. The Morgan fingerprint density at radius 2 is 2.17 bits per heavy atom. The topological polar surface area (TPSA) is 107 Å². The van der Waals surface area contributed by atoms with Crippen molar-refractivity contribution in [2.75, 3.05) is 12.4 Å². The van der Waals surface area contributed by atoms with Gasteiger partial charge < -0.3 is 10.1 Å². The summed E-state index contributed by atoms with van der Waals surface area (Å²) >= 11 is 1.53. The number of carbonyl (C=O) groups is 1. The van der Waals surface area contributed by atoms with Gasteiger partial charge in [-0.25, -0.2) is 14.8 Å². The lowest BCUT2D eigenvalue weighted by atomic mass is 10.2. The molecular formula is C15H12N4O4S. The number of esters is 1. The van der Waals surface area contributed by atoms with Crippen LogP contribution < -0.4 is 5.32 Å². The smallest absolute Gasteiger partial charge is 0.339 e. The van der Waals surface area contributed by atoms with Crippen molar-refractivity contribution in [3.8, 4) is 0 Å². The zero-order valence-corrected chi connectivity index (χ0v) is 13.6. The Morgan fingerprint density at radius 3 is 2.88 bits per heavy atom. The van der Waals surface area contributed by atoms with Gasteiger partial charge in [0.15, 0.2) is 0 Å². The van der Waals surface area contributed by atoms with Crippen LogP contribution in [0.25, 0.3) is 10.2 Å². The molecule has 0 aliphatic rings. The van der Waals surface area contributed by atoms with Gasteiger partial charge in [0.25, 0.3) is 0 Å². The molecular weight excluding hydrogens is 332 g/mol. The highest BCUT2D eigenvalue weighted by Gasteiger charge is 2.20. The standard InChI is InChI=1S/C15H12N4O4S/c1-8-17-11-4-3-10(6-13(11)24-8)18-14-12(19(21)22)5-9(7-16-14)15(20)23-2/h3-7H,1-2H3,(H,16,18). The van der Waals surface area contributed by atoms with Gasteiger partial charge in [-0.05, 0) is 25.1 Å². The Bertz CT molecular complexity index is 954. The molecule has 0 bridgehead atoms. The molecule has 0 saturated heterocycles. The summed E-state index contributed by atoms with van der Waals surface area (Å²) < 4.78 is 5.52. The van der Waals surface area contributed by atoms with Crippen LogP contribution in [0.1, 0.15) is 15.4 Å². The SMILES string of the molecule is COC(=O)c1cnc(Nc2ccc3nc(C)sc3c2)c([N+](=O)[O-])c1. The summed E-state index contributed by atoms with van der Waals surface area (Å²) in [6, 6.07) is 6.58. The van der Waals surface area contributed by atoms with Gasteiger partial charge in [0.2, 0.25) is 5.82 Å². The van der Waals surface area contributed by atoms with Crippen LogP contribution in [-0.4, -0.2) is 28.0 Å². The molecule has 1 N–H and O–H groups in total. The molecule has 24 heavy (non-hydrogen) atoms. The predicted octanol–water partition coefficient (Wildman–Crippen LogP) is 3.44. The number of carbonyl (C=O) groups excluding carboxylic acids is 1. The number of nitro groups is 1. The van der Waals surface area contributed by atoms with Crippen LogP contribution in [0.5, 0.6) is 0 Å². The highest BCUT2D eigenvalue weighted by atomic mass is 32.1. The first-order valence-corrected chi connectivity index (χ1v) is 7.66. The molecule has 0 aliphatic heterocycles. The van der Waals surface area contributed by atoms with Gasteiger partial charge in [0, 0.05) is 18.0 Å². The van der Waals surface area contributed by atoms with Crippen molar-refractivity contribution >= 4 is 44.7 Å². The number of aromatic nitrogens is 2. The first-order chi connectivity index (χ1) is 11.5. The Balaban J connectivity index is 1.98. The highest BCUT2D eigenvalue weighted by Crippen LogP contribution is 2.29. The fourth-order valence-corrected chi connectivity index (χ4v) is 3.04. The number of pyridine rings is 1. The number of hydrogen-bond acceptors (Lipinski definition) is 8. The van der Waals surface area contributed by atoms with Gasteiger partial charge in [0.1, 0.15) is 0 Å². The van der Waals surface area contributed by atoms with E-state index in [0.717, 1.165) is 21.3 Å². The molecule has 0 radical (unpaired) electrons. The molecule has 0 unspecified atom stereocenters. The lowest BCUT2D eigenvalue weighted by Crippen LogP contribution is -2.06. The predicted molar refractivity (Wildman–Crippen MR) is 89.9 cm³/mol. The van der Waals surface area contributed by atoms with E-state index in [1.807, 2.05) is 19.1 Å². The molecule has 0 fully saturated rings. The second-order valence-corrected chi connectivity index (χ2v) is 6.12. The first kappa shape index (κ1) is 15.8. The molecule has 0 aliphatic carbocycles. The average molecular weight is 344 g/mol. The molecule has 0 spiro atoms. The summed E-state index contributed by atoms with van der Waals surface area (Å²) in [5, 5.41) is 15.1. The zero-order valence-electron chi connectivity index (χ0n) is 12.8. The number of rotatable bonds is 4. The van der Waals surface area contributed by atoms with E-state index in [2.05, 4.69) is 20.0 Å². The summed E-state index contributed by atoms with van der Waals surface area (Å²) in [6.07, 6.45) is 1.23. The lowest BCUT2D eigenvalue weighted by molar-refractivity contribution is -0.384. The molecule has 8 nitrogen and oxygen atoms in total. The maximum Gasteiger partial charge on any atom is 0.339 e. The van der Waals surface area contributed by atoms with Crippen LogP contribution in [0.4, 0.5) is 17.2 Å². The van der Waals surface area contributed by atoms with Crippen molar-refractivity contribution in [2.45, 2.75) is 6.92 Å². The summed E-state index contributed by atoms with van der Waals surface area (Å²) in [6.45, 7) is 1.91. The fourth-order valence-electron chi connectivity index (χ4n) is 2.17. The minimum absolute atomic E-state index is 0.0169. The van der Waals surface area contributed by atoms with E-state index in [1.165, 1.54) is 24.6 Å². The van der Waals surface area contributed by atoms with Crippen molar-refractivity contribution in [2.24, 2.45) is 0 Å². The van der Waals surface area contributed by atoms with Crippen molar-refractivity contribution in [3.63, 3.8) is 0 Å². The van der Waals surface area contributed by atoms with Gasteiger partial charge in [-0.2, -0.15) is 0 Å². The van der Waals surface area contributed by atoms with Crippen LogP contribution >= 0.6 is 11.3 Å². The van der Waals surface area contributed by atoms with Crippen LogP contribution in [0, 0.1) is 17.0 Å². The monoisotopic (exact) mass is 344 g/mol. The molecule has 122 valence electrons. The molecule has 9 heteroatoms. The number of anilines is 2. The largest absolute Gasteiger partial charge is 0.465 e. The minimum atomic E-state index is -0.682. The number of fused-ring (bicyclic) bond motifs is 1. The number of methoxy groups -OCH3 is 1. The van der Waals surface area contributed by atoms with Crippen LogP contribution in [0.15, 0.2) is 30.5 Å². The van der Waals surface area contributed by atoms with Gasteiger partial charge in [-0.3, -0.25) is 10.1 Å². The third-order valence-corrected chi connectivity index (χ3v) is 4.18. The molecule has 0 saturated carbocycles. The van der Waals surface area contributed by atoms with E-state index >= 15 is 0 Å². The normalized spacial score (nSPS) is 10.6. The van der Waals surface area contributed by atoms with E-state index in [4.69, 9.17) is 0 Å². The summed E-state index contributed by atoms with van der Waals surface area (Å²) in [7, 11) is 1.20. The Labute approximate surface area is 140 Å². The van der Waals surface area contributed by atoms with E-state index < -0.39 is 10.9 Å². The van der Waals surface area contributed by atoms with Gasteiger partial charge in [-0.15, -0.1) is 11.3 Å². The van der Waals surface area contributed by atoms with E-state index in [0.29, 0.717) is 5.69 Å². The third-order valence-electron chi connectivity index (χ3n) is 3.24. The van der Waals surface area contributed by atoms with Crippen molar-refractivity contribution < 1.29 is 14.5 Å². The zero-order chi connectivity index (χ0) is 17.3. The summed E-state index contributed by atoms with van der Waals surface area (Å²) in [4.78, 5) is 30.5. The summed E-state index contributed by atoms with van der Waals surface area (Å²) in [5.41, 5.74) is 1.22. The van der Waals surface area contributed by atoms with Crippen molar-refractivity contribution in [1.29, 1.82) is 0 Å². The van der Waals surface area contributed by atoms with E-state index in [1.54, 1.807) is 6.07 Å². The highest BCUT2D eigenvalue weighted by molar-refractivity contribution is 7.18. The maximum absolute atomic E-state index is 11.5. The van der Waals surface area contributed by atoms with Gasteiger partial charge in [-0.1, -0.05) is 0 Å². The Hall–Kier alpha value is -3.07. The van der Waals surface area contributed by atoms with E-state index in [9.17, 15) is 14.9 Å². The first-order valence-electron chi connectivity index (χ1n) is 6.85. The average Bonchev–Trinajstić information content (AvgIpc) is 2.93. The number of ether oxygens (including phenoxy) is 1. The number of aryl methyl sites for hydroxylation is 1. The summed E-state index contributed by atoms with van der Waals surface area (Å²) in [5.74, 6) is -0.632. The fraction of sp³-hybridized carbons (Fsp3) is 0.133. The van der Waals surface area contributed by atoms with Crippen LogP contribution in [-0.2, 0) is 4.74 Å². The Morgan fingerprint density at radius 1 is 1.38 bits per heavy atom. The van der Waals surface area contributed by atoms with Crippen LogP contribution in [0.2, 0.25) is 0 Å². The van der Waals surface area contributed by atoms with Gasteiger partial charge in [0.05, 0.1) is 32.8 Å². The second kappa shape index (κ2) is 6.20. The number of hydrogen-bond donors (Lipinski definition) is 1. The number of nitrogens with one attached hydrogen (secondary N) is 1. The maximum atomic E-state index is 11.5. The van der Waals surface area contributed by atoms with Crippen LogP contribution in [0.3, 0.4) is 0 Å². The molecule has 2 aromatic heterocycles. The molecule has 3 aromatic rings. The molecule has 0 amide bonds. The lowest BCUT2D eigenvalue weighted by Gasteiger charge is -2.07. The molecule has 1 aromatic carbocycles. The minimum Gasteiger partial charge on any atom is -0.465 e. The molecule has 2 heterocycles. The third kappa shape index (κ3) is 3.01. The second-order valence-electron chi connectivity index (χ2n) is 4.88. The number of thiazole rings is 1. The van der Waals surface area contributed by atoms with Crippen molar-refractivity contribution in [1.82, 2.24) is 9.97 Å². The van der Waals surface area contributed by atoms with Gasteiger partial charge >= 0.3 is 11.7 Å². The molecule has 0 atom stereocenters. The van der Waals surface area contributed by atoms with E-state index in [-0.39, 0.29) is 17.1 Å².